The molecule has 0 aliphatic carbocycles. The maximum atomic E-state index is 13.2. The van der Waals surface area contributed by atoms with Gasteiger partial charge in [0.1, 0.15) is 5.82 Å². The monoisotopic (exact) mass is 279 g/mol. The summed E-state index contributed by atoms with van der Waals surface area (Å²) in [5, 5.41) is 3.61. The third kappa shape index (κ3) is 7.64. The number of halogens is 1. The summed E-state index contributed by atoms with van der Waals surface area (Å²) in [7, 11) is 0. The van der Waals surface area contributed by atoms with Crippen LogP contribution in [-0.2, 0) is 6.54 Å². The summed E-state index contributed by atoms with van der Waals surface area (Å²) in [6, 6.07) is 7.49. The Bertz CT molecular complexity index is 341. The first kappa shape index (κ1) is 17.2. The van der Waals surface area contributed by atoms with Crippen molar-refractivity contribution in [3.63, 3.8) is 0 Å². The van der Waals surface area contributed by atoms with Gasteiger partial charge in [-0.15, -0.1) is 0 Å². The van der Waals surface area contributed by atoms with Gasteiger partial charge in [-0.05, 0) is 30.5 Å². The van der Waals surface area contributed by atoms with Crippen molar-refractivity contribution in [2.45, 2.75) is 77.8 Å². The van der Waals surface area contributed by atoms with Crippen molar-refractivity contribution in [2.75, 3.05) is 0 Å². The van der Waals surface area contributed by atoms with Crippen molar-refractivity contribution in [1.82, 2.24) is 5.32 Å². The molecule has 0 atom stereocenters. The Labute approximate surface area is 124 Å². The van der Waals surface area contributed by atoms with Gasteiger partial charge >= 0.3 is 0 Å². The van der Waals surface area contributed by atoms with Crippen molar-refractivity contribution in [3.8, 4) is 0 Å². The Morgan fingerprint density at radius 3 is 2.20 bits per heavy atom. The largest absolute Gasteiger partial charge is 0.310 e. The van der Waals surface area contributed by atoms with Gasteiger partial charge < -0.3 is 5.32 Å². The van der Waals surface area contributed by atoms with Crippen LogP contribution in [0.4, 0.5) is 4.39 Å². The summed E-state index contributed by atoms with van der Waals surface area (Å²) < 4.78 is 13.2. The molecule has 1 nitrogen and oxygen atoms in total. The van der Waals surface area contributed by atoms with E-state index in [9.17, 15) is 4.39 Å². The number of unbranched alkanes of at least 4 members (excludes halogenated alkanes) is 4. The first-order valence-corrected chi connectivity index (χ1v) is 8.24. The van der Waals surface area contributed by atoms with Crippen LogP contribution in [0.2, 0.25) is 0 Å². The van der Waals surface area contributed by atoms with Gasteiger partial charge in [-0.25, -0.2) is 4.39 Å². The van der Waals surface area contributed by atoms with Gasteiger partial charge in [0.25, 0.3) is 0 Å². The summed E-state index contributed by atoms with van der Waals surface area (Å²) >= 11 is 0. The van der Waals surface area contributed by atoms with E-state index in [0.717, 1.165) is 12.1 Å². The number of hydrogen-bond acceptors (Lipinski definition) is 1. The number of hydrogen-bond donors (Lipinski definition) is 1. The quantitative estimate of drug-likeness (QED) is 0.531. The van der Waals surface area contributed by atoms with E-state index in [1.54, 1.807) is 12.1 Å². The average molecular weight is 279 g/mol. The highest BCUT2D eigenvalue weighted by molar-refractivity contribution is 5.16. The minimum atomic E-state index is -0.141. The topological polar surface area (TPSA) is 12.0 Å². The van der Waals surface area contributed by atoms with Crippen LogP contribution in [0.15, 0.2) is 24.3 Å². The zero-order chi connectivity index (χ0) is 14.6. The SMILES string of the molecule is CCCCCC(CCCCC)NCc1cccc(F)c1. The first-order chi connectivity index (χ1) is 9.76. The van der Waals surface area contributed by atoms with Gasteiger partial charge in [-0.1, -0.05) is 64.5 Å². The molecule has 1 aromatic carbocycles. The fourth-order valence-corrected chi connectivity index (χ4v) is 2.54. The molecule has 20 heavy (non-hydrogen) atoms. The minimum Gasteiger partial charge on any atom is -0.310 e. The molecule has 0 bridgehead atoms. The van der Waals surface area contributed by atoms with E-state index in [4.69, 9.17) is 0 Å². The van der Waals surface area contributed by atoms with Gasteiger partial charge in [0, 0.05) is 12.6 Å². The molecule has 0 spiro atoms. The van der Waals surface area contributed by atoms with Crippen LogP contribution >= 0.6 is 0 Å². The summed E-state index contributed by atoms with van der Waals surface area (Å²) in [6.45, 7) is 5.26. The van der Waals surface area contributed by atoms with Crippen LogP contribution in [0.1, 0.15) is 70.8 Å². The van der Waals surface area contributed by atoms with Crippen LogP contribution in [-0.4, -0.2) is 6.04 Å². The van der Waals surface area contributed by atoms with Gasteiger partial charge in [-0.2, -0.15) is 0 Å². The van der Waals surface area contributed by atoms with Crippen molar-refractivity contribution in [1.29, 1.82) is 0 Å². The van der Waals surface area contributed by atoms with Crippen LogP contribution in [0.5, 0.6) is 0 Å². The van der Waals surface area contributed by atoms with Crippen molar-refractivity contribution in [2.24, 2.45) is 0 Å². The second kappa shape index (κ2) is 10.8. The normalized spacial score (nSPS) is 11.2. The van der Waals surface area contributed by atoms with E-state index in [0.29, 0.717) is 6.04 Å². The fourth-order valence-electron chi connectivity index (χ4n) is 2.54. The molecule has 0 unspecified atom stereocenters. The van der Waals surface area contributed by atoms with E-state index in [-0.39, 0.29) is 5.82 Å². The number of rotatable bonds is 11. The highest BCUT2D eigenvalue weighted by atomic mass is 19.1. The Kier molecular flexibility index (Phi) is 9.31. The van der Waals surface area contributed by atoms with Crippen molar-refractivity contribution >= 4 is 0 Å². The molecule has 0 fully saturated rings. The lowest BCUT2D eigenvalue weighted by Gasteiger charge is -2.19. The van der Waals surface area contributed by atoms with E-state index >= 15 is 0 Å². The molecule has 0 amide bonds. The molecule has 1 aromatic rings. The van der Waals surface area contributed by atoms with Crippen LogP contribution in [0, 0.1) is 5.82 Å². The zero-order valence-corrected chi connectivity index (χ0v) is 13.1. The summed E-state index contributed by atoms with van der Waals surface area (Å²) in [4.78, 5) is 0. The molecule has 0 saturated heterocycles. The molecule has 0 aromatic heterocycles. The second-order valence-electron chi connectivity index (χ2n) is 5.70. The summed E-state index contributed by atoms with van der Waals surface area (Å²) in [6.07, 6.45) is 10.2. The first-order valence-electron chi connectivity index (χ1n) is 8.24. The Balaban J connectivity index is 2.37. The molecule has 0 heterocycles. The zero-order valence-electron chi connectivity index (χ0n) is 13.1. The molecular weight excluding hydrogens is 249 g/mol. The van der Waals surface area contributed by atoms with Crippen molar-refractivity contribution in [3.05, 3.63) is 35.6 Å². The Morgan fingerprint density at radius 1 is 1.00 bits per heavy atom. The fraction of sp³-hybridized carbons (Fsp3) is 0.667. The molecule has 0 aliphatic rings. The smallest absolute Gasteiger partial charge is 0.123 e. The maximum absolute atomic E-state index is 13.2. The molecule has 0 saturated carbocycles. The maximum Gasteiger partial charge on any atom is 0.123 e. The predicted octanol–water partition coefficient (Wildman–Crippen LogP) is 5.44. The molecule has 2 heteroatoms. The number of benzene rings is 1. The third-order valence-corrected chi connectivity index (χ3v) is 3.80. The molecule has 0 radical (unpaired) electrons. The Hall–Kier alpha value is -0.890. The third-order valence-electron chi connectivity index (χ3n) is 3.80. The van der Waals surface area contributed by atoms with Crippen LogP contribution < -0.4 is 5.32 Å². The number of nitrogens with one attached hydrogen (secondary N) is 1. The summed E-state index contributed by atoms with van der Waals surface area (Å²) in [5.74, 6) is -0.141. The summed E-state index contributed by atoms with van der Waals surface area (Å²) in [5.41, 5.74) is 1.04. The molecule has 0 aliphatic heterocycles. The Morgan fingerprint density at radius 2 is 1.65 bits per heavy atom. The average Bonchev–Trinajstić information content (AvgIpc) is 2.44. The van der Waals surface area contributed by atoms with E-state index in [2.05, 4.69) is 19.2 Å². The lowest BCUT2D eigenvalue weighted by atomic mass is 10.0. The van der Waals surface area contributed by atoms with Gasteiger partial charge in [0.05, 0.1) is 0 Å². The molecule has 1 rings (SSSR count). The van der Waals surface area contributed by atoms with Gasteiger partial charge in [0.15, 0.2) is 0 Å². The standard InChI is InChI=1S/C18H30FN/c1-3-5-7-12-18(13-8-6-4-2)20-15-16-10-9-11-17(19)14-16/h9-11,14,18,20H,3-8,12-13,15H2,1-2H3. The minimum absolute atomic E-state index is 0.141. The van der Waals surface area contributed by atoms with Gasteiger partial charge in [0.2, 0.25) is 0 Å². The molecule has 1 N–H and O–H groups in total. The van der Waals surface area contributed by atoms with Crippen LogP contribution in [0.25, 0.3) is 0 Å². The lowest BCUT2D eigenvalue weighted by molar-refractivity contribution is 0.417. The van der Waals surface area contributed by atoms with E-state index < -0.39 is 0 Å². The van der Waals surface area contributed by atoms with Crippen molar-refractivity contribution < 1.29 is 4.39 Å². The predicted molar refractivity (Wildman–Crippen MR) is 85.3 cm³/mol. The molecule has 114 valence electrons. The van der Waals surface area contributed by atoms with Gasteiger partial charge in [-0.3, -0.25) is 0 Å². The highest BCUT2D eigenvalue weighted by Gasteiger charge is 2.08. The van der Waals surface area contributed by atoms with Crippen LogP contribution in [0.3, 0.4) is 0 Å². The highest BCUT2D eigenvalue weighted by Crippen LogP contribution is 2.12. The molecular formula is C18H30FN. The van der Waals surface area contributed by atoms with E-state index in [1.165, 1.54) is 57.4 Å². The second-order valence-corrected chi connectivity index (χ2v) is 5.70. The van der Waals surface area contributed by atoms with E-state index in [1.807, 2.05) is 6.07 Å². The lowest BCUT2D eigenvalue weighted by Crippen LogP contribution is -2.28.